The minimum atomic E-state index is -0.812. The fourth-order valence-electron chi connectivity index (χ4n) is 5.45. The quantitative estimate of drug-likeness (QED) is 0.370. The lowest BCUT2D eigenvalue weighted by atomic mass is 9.87. The number of aryl methyl sites for hydroxylation is 1. The molecule has 0 spiro atoms. The molecule has 0 amide bonds. The third-order valence-electron chi connectivity index (χ3n) is 7.60. The predicted molar refractivity (Wildman–Crippen MR) is 146 cm³/mol. The summed E-state index contributed by atoms with van der Waals surface area (Å²) in [5.41, 5.74) is 4.06. The molecule has 7 rings (SSSR count). The van der Waals surface area contributed by atoms with Gasteiger partial charge in [-0.25, -0.2) is 9.50 Å². The molecule has 2 bridgehead atoms. The predicted octanol–water partition coefficient (Wildman–Crippen LogP) is 3.37. The Morgan fingerprint density at radius 1 is 1.10 bits per heavy atom. The van der Waals surface area contributed by atoms with Gasteiger partial charge in [-0.3, -0.25) is 14.9 Å². The van der Waals surface area contributed by atoms with Crippen molar-refractivity contribution in [2.45, 2.75) is 57.8 Å². The Balaban J connectivity index is 1.19. The number of hydrogen-bond acceptors (Lipinski definition) is 9. The summed E-state index contributed by atoms with van der Waals surface area (Å²) < 4.78 is 7.62. The first-order valence-corrected chi connectivity index (χ1v) is 13.3. The molecule has 3 saturated heterocycles. The van der Waals surface area contributed by atoms with Crippen LogP contribution in [0.25, 0.3) is 16.6 Å². The van der Waals surface area contributed by atoms with E-state index in [9.17, 15) is 10.4 Å². The number of fused-ring (bicyclic) bond motifs is 3. The summed E-state index contributed by atoms with van der Waals surface area (Å²) in [4.78, 5) is 18.6. The summed E-state index contributed by atoms with van der Waals surface area (Å²) in [7, 11) is 0. The molecule has 1 N–H and O–H groups in total. The largest absolute Gasteiger partial charge is 0.492 e. The van der Waals surface area contributed by atoms with E-state index < -0.39 is 5.60 Å². The molecular formula is C29H32N8O2. The number of nitriles is 1. The van der Waals surface area contributed by atoms with Crippen molar-refractivity contribution < 1.29 is 9.84 Å². The molecule has 4 aromatic heterocycles. The number of anilines is 1. The highest BCUT2D eigenvalue weighted by Gasteiger charge is 2.44. The summed E-state index contributed by atoms with van der Waals surface area (Å²) in [6, 6.07) is 9.22. The summed E-state index contributed by atoms with van der Waals surface area (Å²) in [6.45, 7) is 8.52. The van der Waals surface area contributed by atoms with Gasteiger partial charge in [-0.15, -0.1) is 0 Å². The topological polar surface area (TPSA) is 116 Å². The molecule has 10 nitrogen and oxygen atoms in total. The second kappa shape index (κ2) is 9.91. The molecule has 3 aliphatic rings. The fraction of sp³-hybridized carbons (Fsp3) is 0.414. The maximum absolute atomic E-state index is 10.0. The number of piperidine rings is 1. The van der Waals surface area contributed by atoms with E-state index in [1.54, 1.807) is 30.8 Å². The molecule has 3 aliphatic heterocycles. The second-order valence-corrected chi connectivity index (χ2v) is 11.1. The lowest BCUT2D eigenvalue weighted by molar-refractivity contribution is -0.00977. The van der Waals surface area contributed by atoms with E-state index in [-0.39, 0.29) is 0 Å². The zero-order chi connectivity index (χ0) is 27.1. The lowest BCUT2D eigenvalue weighted by Crippen LogP contribution is -2.68. The first-order valence-electron chi connectivity index (χ1n) is 13.3. The molecule has 2 atom stereocenters. The zero-order valence-electron chi connectivity index (χ0n) is 22.4. The molecule has 4 aromatic rings. The van der Waals surface area contributed by atoms with Crippen LogP contribution in [0, 0.1) is 18.3 Å². The number of pyridine rings is 2. The minimum Gasteiger partial charge on any atom is -0.492 e. The van der Waals surface area contributed by atoms with Gasteiger partial charge in [-0.2, -0.15) is 10.4 Å². The van der Waals surface area contributed by atoms with E-state index in [4.69, 9.17) is 9.72 Å². The van der Waals surface area contributed by atoms with Crippen LogP contribution in [0.3, 0.4) is 0 Å². The van der Waals surface area contributed by atoms with Gasteiger partial charge >= 0.3 is 0 Å². The van der Waals surface area contributed by atoms with E-state index in [1.807, 2.05) is 37.6 Å². The second-order valence-electron chi connectivity index (χ2n) is 11.1. The number of hydrogen-bond donors (Lipinski definition) is 1. The van der Waals surface area contributed by atoms with Crippen molar-refractivity contribution in [3.63, 3.8) is 0 Å². The Kier molecular flexibility index (Phi) is 6.41. The Hall–Kier alpha value is -4.07. The lowest BCUT2D eigenvalue weighted by Gasteiger charge is -2.56. The van der Waals surface area contributed by atoms with Crippen LogP contribution in [0.2, 0.25) is 0 Å². The summed E-state index contributed by atoms with van der Waals surface area (Å²) in [5.74, 6) is 1.57. The number of nitrogens with zero attached hydrogens (tertiary/aromatic N) is 8. The highest BCUT2D eigenvalue weighted by atomic mass is 16.5. The van der Waals surface area contributed by atoms with E-state index in [0.29, 0.717) is 36.4 Å². The van der Waals surface area contributed by atoms with E-state index in [1.165, 1.54) is 6.42 Å². The van der Waals surface area contributed by atoms with E-state index in [2.05, 4.69) is 37.0 Å². The molecule has 0 aliphatic carbocycles. The van der Waals surface area contributed by atoms with E-state index in [0.717, 1.165) is 53.5 Å². The maximum Gasteiger partial charge on any atom is 0.138 e. The molecule has 7 heterocycles. The number of aromatic nitrogens is 5. The van der Waals surface area contributed by atoms with Crippen molar-refractivity contribution in [2.24, 2.45) is 0 Å². The highest BCUT2D eigenvalue weighted by Crippen LogP contribution is 2.36. The molecular weight excluding hydrogens is 492 g/mol. The molecule has 2 unspecified atom stereocenters. The van der Waals surface area contributed by atoms with Gasteiger partial charge in [0.2, 0.25) is 0 Å². The van der Waals surface area contributed by atoms with E-state index >= 15 is 0 Å². The van der Waals surface area contributed by atoms with Gasteiger partial charge in [-0.1, -0.05) is 0 Å². The summed E-state index contributed by atoms with van der Waals surface area (Å²) in [5, 5.41) is 24.1. The van der Waals surface area contributed by atoms with Crippen LogP contribution >= 0.6 is 0 Å². The molecule has 39 heavy (non-hydrogen) atoms. The smallest absolute Gasteiger partial charge is 0.138 e. The van der Waals surface area contributed by atoms with Crippen molar-refractivity contribution in [1.82, 2.24) is 29.5 Å². The average Bonchev–Trinajstić information content (AvgIpc) is 3.35. The third-order valence-corrected chi connectivity index (χ3v) is 7.60. The Bertz CT molecular complexity index is 1510. The Morgan fingerprint density at radius 3 is 2.59 bits per heavy atom. The summed E-state index contributed by atoms with van der Waals surface area (Å²) >= 11 is 0. The number of piperazine rings is 1. The van der Waals surface area contributed by atoms with Crippen LogP contribution in [0.5, 0.6) is 5.75 Å². The number of rotatable bonds is 8. The first-order chi connectivity index (χ1) is 18.8. The van der Waals surface area contributed by atoms with Gasteiger partial charge in [-0.05, 0) is 45.4 Å². The van der Waals surface area contributed by atoms with Crippen molar-refractivity contribution in [2.75, 3.05) is 24.6 Å². The van der Waals surface area contributed by atoms with Crippen LogP contribution in [0.15, 0.2) is 49.2 Å². The molecule has 3 fully saturated rings. The van der Waals surface area contributed by atoms with Crippen LogP contribution < -0.4 is 9.64 Å². The van der Waals surface area contributed by atoms with Gasteiger partial charge in [0.15, 0.2) is 0 Å². The van der Waals surface area contributed by atoms with Crippen LogP contribution in [0.4, 0.5) is 5.82 Å². The van der Waals surface area contributed by atoms with Crippen molar-refractivity contribution in [3.05, 3.63) is 66.1 Å². The monoisotopic (exact) mass is 524 g/mol. The van der Waals surface area contributed by atoms with Crippen LogP contribution in [-0.2, 0) is 6.54 Å². The molecule has 10 heteroatoms. The zero-order valence-corrected chi connectivity index (χ0v) is 22.4. The SMILES string of the molecule is Cc1cnc(CN2C3CC2CN(c2ccc(-c4cc(OCCC(C)(C)O)cn5ncc(C#N)c45)cn2)C3)cn1. The molecule has 0 radical (unpaired) electrons. The highest BCUT2D eigenvalue weighted by molar-refractivity contribution is 5.85. The minimum absolute atomic E-state index is 0.364. The first kappa shape index (κ1) is 25.2. The van der Waals surface area contributed by atoms with Gasteiger partial charge in [0.1, 0.15) is 17.6 Å². The van der Waals surface area contributed by atoms with Gasteiger partial charge in [0.25, 0.3) is 0 Å². The van der Waals surface area contributed by atoms with Gasteiger partial charge in [0, 0.05) is 67.9 Å². The number of ether oxygens (including phenoxy) is 1. The molecule has 0 saturated carbocycles. The maximum atomic E-state index is 10.0. The van der Waals surface area contributed by atoms with Gasteiger partial charge < -0.3 is 14.7 Å². The molecule has 0 aromatic carbocycles. The average molecular weight is 525 g/mol. The molecule has 200 valence electrons. The Labute approximate surface area is 227 Å². The fourth-order valence-corrected chi connectivity index (χ4v) is 5.45. The number of aliphatic hydroxyl groups is 1. The Morgan fingerprint density at radius 2 is 1.92 bits per heavy atom. The van der Waals surface area contributed by atoms with Gasteiger partial charge in [0.05, 0.1) is 47.1 Å². The van der Waals surface area contributed by atoms with Crippen LogP contribution in [-0.4, -0.2) is 72.0 Å². The van der Waals surface area contributed by atoms with Crippen molar-refractivity contribution in [3.8, 4) is 22.9 Å². The van der Waals surface area contributed by atoms with Crippen molar-refractivity contribution >= 4 is 11.3 Å². The third kappa shape index (κ3) is 5.15. The normalized spacial score (nSPS) is 19.1. The van der Waals surface area contributed by atoms with Crippen molar-refractivity contribution in [1.29, 1.82) is 5.26 Å². The van der Waals surface area contributed by atoms with Crippen LogP contribution in [0.1, 0.15) is 43.6 Å². The standard InChI is InChI=1S/C29H32N8O2/c1-19-11-32-22(14-31-19)15-36-23-8-24(36)17-35(16-23)27-5-4-20(12-33-27)26-9-25(39-7-6-29(2,3)38)18-37-28(26)21(10-30)13-34-37/h4-5,9,11-14,18,23-24,38H,6-8,15-17H2,1-3H3. The summed E-state index contributed by atoms with van der Waals surface area (Å²) in [6.07, 6.45) is 10.6.